The summed E-state index contributed by atoms with van der Waals surface area (Å²) in [6.45, 7) is 12.5. The minimum Gasteiger partial charge on any atom is -0.314 e. The van der Waals surface area contributed by atoms with Gasteiger partial charge in [-0.15, -0.1) is 11.3 Å². The van der Waals surface area contributed by atoms with Gasteiger partial charge in [0.05, 0.1) is 11.2 Å². The second-order valence-electron chi connectivity index (χ2n) is 6.94. The molecule has 120 valence electrons. The molecule has 1 aromatic rings. The molecular weight excluding hydrogens is 278 g/mol. The van der Waals surface area contributed by atoms with Gasteiger partial charge in [-0.1, -0.05) is 20.8 Å². The van der Waals surface area contributed by atoms with Crippen molar-refractivity contribution in [2.24, 2.45) is 17.8 Å². The summed E-state index contributed by atoms with van der Waals surface area (Å²) in [5, 5.41) is 3.73. The number of aromatic nitrogens is 1. The molecule has 1 N–H and O–H groups in total. The Labute approximate surface area is 134 Å². The SMILES string of the molecule is CCNC1CC(C)CC(C)C1CN(C)Cc1scnc1C. The maximum Gasteiger partial charge on any atom is 0.0798 e. The lowest BCUT2D eigenvalue weighted by Crippen LogP contribution is -2.48. The molecule has 4 heteroatoms. The van der Waals surface area contributed by atoms with E-state index in [1.807, 2.05) is 5.51 Å². The van der Waals surface area contributed by atoms with Crippen molar-refractivity contribution >= 4 is 11.3 Å². The fourth-order valence-corrected chi connectivity index (χ4v) is 4.72. The van der Waals surface area contributed by atoms with E-state index >= 15 is 0 Å². The summed E-state index contributed by atoms with van der Waals surface area (Å²) in [7, 11) is 2.26. The van der Waals surface area contributed by atoms with E-state index in [1.165, 1.54) is 30.0 Å². The number of thiazole rings is 1. The highest BCUT2D eigenvalue weighted by Crippen LogP contribution is 2.34. The van der Waals surface area contributed by atoms with Crippen LogP contribution in [-0.4, -0.2) is 36.1 Å². The largest absolute Gasteiger partial charge is 0.314 e. The lowest BCUT2D eigenvalue weighted by Gasteiger charge is -2.41. The molecule has 1 aromatic heterocycles. The van der Waals surface area contributed by atoms with Crippen LogP contribution in [0.5, 0.6) is 0 Å². The summed E-state index contributed by atoms with van der Waals surface area (Å²) in [4.78, 5) is 8.26. The van der Waals surface area contributed by atoms with Crippen molar-refractivity contribution in [3.8, 4) is 0 Å². The molecule has 3 nitrogen and oxygen atoms in total. The lowest BCUT2D eigenvalue weighted by molar-refractivity contribution is 0.110. The summed E-state index contributed by atoms with van der Waals surface area (Å²) in [5.41, 5.74) is 3.16. The fraction of sp³-hybridized carbons (Fsp3) is 0.824. The lowest BCUT2D eigenvalue weighted by atomic mass is 9.72. The third-order valence-electron chi connectivity index (χ3n) is 4.93. The highest BCUT2D eigenvalue weighted by molar-refractivity contribution is 7.09. The fourth-order valence-electron chi connectivity index (χ4n) is 3.86. The van der Waals surface area contributed by atoms with Gasteiger partial charge in [-0.25, -0.2) is 4.98 Å². The van der Waals surface area contributed by atoms with Gasteiger partial charge in [-0.2, -0.15) is 0 Å². The second-order valence-corrected chi connectivity index (χ2v) is 7.88. The molecule has 0 radical (unpaired) electrons. The zero-order valence-electron chi connectivity index (χ0n) is 14.2. The summed E-state index contributed by atoms with van der Waals surface area (Å²) in [5.74, 6) is 2.43. The Hall–Kier alpha value is -0.450. The van der Waals surface area contributed by atoms with E-state index in [-0.39, 0.29) is 0 Å². The van der Waals surface area contributed by atoms with Crippen molar-refractivity contribution < 1.29 is 0 Å². The maximum absolute atomic E-state index is 4.37. The predicted octanol–water partition coefficient (Wildman–Crippen LogP) is 3.54. The molecule has 21 heavy (non-hydrogen) atoms. The van der Waals surface area contributed by atoms with Crippen molar-refractivity contribution in [3.63, 3.8) is 0 Å². The minimum atomic E-state index is 0.679. The molecule has 0 aromatic carbocycles. The van der Waals surface area contributed by atoms with E-state index in [0.29, 0.717) is 6.04 Å². The normalized spacial score (nSPS) is 30.0. The Balaban J connectivity index is 1.96. The molecule has 4 atom stereocenters. The maximum atomic E-state index is 4.37. The van der Waals surface area contributed by atoms with E-state index < -0.39 is 0 Å². The summed E-state index contributed by atoms with van der Waals surface area (Å²) in [6.07, 6.45) is 2.70. The second kappa shape index (κ2) is 7.70. The Kier molecular flexibility index (Phi) is 6.20. The monoisotopic (exact) mass is 309 g/mol. The standard InChI is InChI=1S/C17H31N3S/c1-6-18-16-8-12(2)7-13(3)15(16)9-20(5)10-17-14(4)19-11-21-17/h11-13,15-16,18H,6-10H2,1-5H3. The molecule has 0 saturated heterocycles. The molecule has 1 saturated carbocycles. The van der Waals surface area contributed by atoms with Crippen LogP contribution in [0.4, 0.5) is 0 Å². The molecule has 0 spiro atoms. The Morgan fingerprint density at radius 1 is 1.38 bits per heavy atom. The van der Waals surface area contributed by atoms with Gasteiger partial charge >= 0.3 is 0 Å². The topological polar surface area (TPSA) is 28.2 Å². The molecule has 4 unspecified atom stereocenters. The number of nitrogens with one attached hydrogen (secondary N) is 1. The Morgan fingerprint density at radius 3 is 2.76 bits per heavy atom. The Bertz CT molecular complexity index is 431. The molecule has 1 aliphatic carbocycles. The van der Waals surface area contributed by atoms with Crippen molar-refractivity contribution in [1.82, 2.24) is 15.2 Å². The first-order valence-corrected chi connectivity index (χ1v) is 9.20. The number of hydrogen-bond acceptors (Lipinski definition) is 4. The van der Waals surface area contributed by atoms with Crippen LogP contribution in [0, 0.1) is 24.7 Å². The zero-order chi connectivity index (χ0) is 15.4. The van der Waals surface area contributed by atoms with Gasteiger partial charge < -0.3 is 10.2 Å². The highest BCUT2D eigenvalue weighted by Gasteiger charge is 2.34. The van der Waals surface area contributed by atoms with Crippen LogP contribution in [0.2, 0.25) is 0 Å². The molecule has 1 heterocycles. The third-order valence-corrected chi connectivity index (χ3v) is 5.85. The first-order chi connectivity index (χ1) is 10.0. The summed E-state index contributed by atoms with van der Waals surface area (Å²) < 4.78 is 0. The van der Waals surface area contributed by atoms with E-state index in [4.69, 9.17) is 0 Å². The van der Waals surface area contributed by atoms with Crippen molar-refractivity contribution in [2.75, 3.05) is 20.1 Å². The van der Waals surface area contributed by atoms with Crippen LogP contribution in [0.3, 0.4) is 0 Å². The van der Waals surface area contributed by atoms with Gasteiger partial charge in [-0.05, 0) is 51.1 Å². The van der Waals surface area contributed by atoms with E-state index in [0.717, 1.165) is 30.8 Å². The molecular formula is C17H31N3S. The van der Waals surface area contributed by atoms with Crippen LogP contribution in [-0.2, 0) is 6.54 Å². The van der Waals surface area contributed by atoms with Crippen LogP contribution in [0.25, 0.3) is 0 Å². The van der Waals surface area contributed by atoms with Gasteiger partial charge in [0, 0.05) is 24.0 Å². The average Bonchev–Trinajstić information content (AvgIpc) is 2.79. The smallest absolute Gasteiger partial charge is 0.0798 e. The van der Waals surface area contributed by atoms with Crippen molar-refractivity contribution in [1.29, 1.82) is 0 Å². The average molecular weight is 310 g/mol. The highest BCUT2D eigenvalue weighted by atomic mass is 32.1. The number of hydrogen-bond donors (Lipinski definition) is 1. The molecule has 0 amide bonds. The van der Waals surface area contributed by atoms with Crippen molar-refractivity contribution in [2.45, 2.75) is 53.1 Å². The van der Waals surface area contributed by atoms with Gasteiger partial charge in [0.1, 0.15) is 0 Å². The molecule has 1 fully saturated rings. The van der Waals surface area contributed by atoms with Crippen LogP contribution in [0.1, 0.15) is 44.2 Å². The quantitative estimate of drug-likeness (QED) is 0.871. The summed E-state index contributed by atoms with van der Waals surface area (Å²) >= 11 is 1.78. The molecule has 0 aliphatic heterocycles. The number of rotatable bonds is 6. The first kappa shape index (κ1) is 16.9. The van der Waals surface area contributed by atoms with Crippen LogP contribution < -0.4 is 5.32 Å². The van der Waals surface area contributed by atoms with E-state index in [9.17, 15) is 0 Å². The number of nitrogens with zero attached hydrogens (tertiary/aromatic N) is 2. The van der Waals surface area contributed by atoms with E-state index in [2.05, 4.69) is 49.9 Å². The van der Waals surface area contributed by atoms with Gasteiger partial charge in [0.25, 0.3) is 0 Å². The zero-order valence-corrected chi connectivity index (χ0v) is 15.0. The minimum absolute atomic E-state index is 0.679. The summed E-state index contributed by atoms with van der Waals surface area (Å²) in [6, 6.07) is 0.679. The first-order valence-electron chi connectivity index (χ1n) is 8.32. The van der Waals surface area contributed by atoms with Crippen molar-refractivity contribution in [3.05, 3.63) is 16.1 Å². The van der Waals surface area contributed by atoms with Gasteiger partial charge in [-0.3, -0.25) is 0 Å². The number of aryl methyl sites for hydroxylation is 1. The molecule has 0 bridgehead atoms. The molecule has 2 rings (SSSR count). The predicted molar refractivity (Wildman–Crippen MR) is 91.7 cm³/mol. The molecule has 1 aliphatic rings. The van der Waals surface area contributed by atoms with E-state index in [1.54, 1.807) is 11.3 Å². The van der Waals surface area contributed by atoms with Gasteiger partial charge in [0.2, 0.25) is 0 Å². The Morgan fingerprint density at radius 2 is 2.14 bits per heavy atom. The van der Waals surface area contributed by atoms with Gasteiger partial charge in [0.15, 0.2) is 0 Å². The van der Waals surface area contributed by atoms with Crippen LogP contribution in [0.15, 0.2) is 5.51 Å². The third kappa shape index (κ3) is 4.51. The van der Waals surface area contributed by atoms with Crippen LogP contribution >= 0.6 is 11.3 Å².